The van der Waals surface area contributed by atoms with Crippen LogP contribution in [0.2, 0.25) is 0 Å². The summed E-state index contributed by atoms with van der Waals surface area (Å²) in [4.78, 5) is 0. The van der Waals surface area contributed by atoms with Crippen molar-refractivity contribution in [3.05, 3.63) is 65.7 Å². The van der Waals surface area contributed by atoms with Gasteiger partial charge in [0.25, 0.3) is 0 Å². The number of ether oxygens (including phenoxy) is 1. The minimum absolute atomic E-state index is 0. The van der Waals surface area contributed by atoms with E-state index in [0.29, 0.717) is 6.61 Å². The Hall–Kier alpha value is -1.51. The lowest BCUT2D eigenvalue weighted by Crippen LogP contribution is -2.10. The average Bonchev–Trinajstić information content (AvgIpc) is 2.44. The van der Waals surface area contributed by atoms with Gasteiger partial charge in [-0.25, -0.2) is 0 Å². The quantitative estimate of drug-likeness (QED) is 0.873. The van der Waals surface area contributed by atoms with Crippen molar-refractivity contribution >= 4 is 12.4 Å². The molecular weight excluding hydrogens is 258 g/mol. The zero-order chi connectivity index (χ0) is 12.6. The molecule has 0 spiro atoms. The van der Waals surface area contributed by atoms with E-state index < -0.39 is 0 Å². The monoisotopic (exact) mass is 277 g/mol. The number of hydrogen-bond donors (Lipinski definition) is 1. The standard InChI is InChI=1S/C16H19NO.ClH/c1-17-11-10-14-8-5-9-16(12-14)18-13-15-6-3-2-4-7-15;/h2-9,12,17H,10-11,13H2,1H3;1H. The third-order valence-electron chi connectivity index (χ3n) is 2.81. The lowest BCUT2D eigenvalue weighted by Gasteiger charge is -2.08. The van der Waals surface area contributed by atoms with Crippen LogP contribution in [0.3, 0.4) is 0 Å². The molecule has 0 aliphatic rings. The Bertz CT molecular complexity index is 473. The van der Waals surface area contributed by atoms with Crippen molar-refractivity contribution in [2.75, 3.05) is 13.6 Å². The molecule has 3 heteroatoms. The van der Waals surface area contributed by atoms with Crippen LogP contribution in [0, 0.1) is 0 Å². The molecule has 2 aromatic carbocycles. The molecule has 0 aromatic heterocycles. The van der Waals surface area contributed by atoms with Crippen LogP contribution in [0.1, 0.15) is 11.1 Å². The van der Waals surface area contributed by atoms with Gasteiger partial charge in [-0.15, -0.1) is 12.4 Å². The molecular formula is C16H20ClNO. The first-order chi connectivity index (χ1) is 8.88. The van der Waals surface area contributed by atoms with Gasteiger partial charge in [0.1, 0.15) is 12.4 Å². The molecule has 0 fully saturated rings. The Morgan fingerprint density at radius 1 is 0.947 bits per heavy atom. The van der Waals surface area contributed by atoms with E-state index in [1.54, 1.807) is 0 Å². The number of halogens is 1. The van der Waals surface area contributed by atoms with Gasteiger partial charge in [0.2, 0.25) is 0 Å². The van der Waals surface area contributed by atoms with Crippen molar-refractivity contribution in [2.24, 2.45) is 0 Å². The highest BCUT2D eigenvalue weighted by molar-refractivity contribution is 5.85. The Labute approximate surface area is 121 Å². The normalized spacial score (nSPS) is 9.74. The lowest BCUT2D eigenvalue weighted by molar-refractivity contribution is 0.306. The molecule has 0 aliphatic heterocycles. The van der Waals surface area contributed by atoms with E-state index in [0.717, 1.165) is 18.7 Å². The highest BCUT2D eigenvalue weighted by Gasteiger charge is 1.98. The van der Waals surface area contributed by atoms with Gasteiger partial charge in [-0.3, -0.25) is 0 Å². The largest absolute Gasteiger partial charge is 0.489 e. The number of likely N-dealkylation sites (N-methyl/N-ethyl adjacent to an activating group) is 1. The van der Waals surface area contributed by atoms with Gasteiger partial charge in [-0.05, 0) is 43.3 Å². The van der Waals surface area contributed by atoms with Crippen LogP contribution in [0.5, 0.6) is 5.75 Å². The summed E-state index contributed by atoms with van der Waals surface area (Å²) >= 11 is 0. The van der Waals surface area contributed by atoms with E-state index in [1.807, 2.05) is 37.4 Å². The van der Waals surface area contributed by atoms with Crippen molar-refractivity contribution in [2.45, 2.75) is 13.0 Å². The molecule has 0 unspecified atom stereocenters. The highest BCUT2D eigenvalue weighted by atomic mass is 35.5. The maximum absolute atomic E-state index is 5.79. The molecule has 0 amide bonds. The molecule has 0 atom stereocenters. The summed E-state index contributed by atoms with van der Waals surface area (Å²) in [6, 6.07) is 18.5. The van der Waals surface area contributed by atoms with E-state index in [2.05, 4.69) is 29.6 Å². The summed E-state index contributed by atoms with van der Waals surface area (Å²) in [5.41, 5.74) is 2.49. The molecule has 0 aliphatic carbocycles. The summed E-state index contributed by atoms with van der Waals surface area (Å²) in [5, 5.41) is 3.15. The Balaban J connectivity index is 0.00000180. The first-order valence-electron chi connectivity index (χ1n) is 6.29. The van der Waals surface area contributed by atoms with Gasteiger partial charge < -0.3 is 10.1 Å². The fourth-order valence-corrected chi connectivity index (χ4v) is 1.80. The second kappa shape index (κ2) is 8.57. The number of hydrogen-bond acceptors (Lipinski definition) is 2. The second-order valence-corrected chi connectivity index (χ2v) is 4.28. The Kier molecular flexibility index (Phi) is 7.01. The highest BCUT2D eigenvalue weighted by Crippen LogP contribution is 2.15. The summed E-state index contributed by atoms with van der Waals surface area (Å²) in [6.07, 6.45) is 1.03. The maximum Gasteiger partial charge on any atom is 0.120 e. The third-order valence-corrected chi connectivity index (χ3v) is 2.81. The first-order valence-corrected chi connectivity index (χ1v) is 6.29. The van der Waals surface area contributed by atoms with E-state index in [4.69, 9.17) is 4.74 Å². The van der Waals surface area contributed by atoms with Crippen LogP contribution in [0.15, 0.2) is 54.6 Å². The molecule has 0 saturated heterocycles. The first kappa shape index (κ1) is 15.5. The molecule has 19 heavy (non-hydrogen) atoms. The summed E-state index contributed by atoms with van der Waals surface area (Å²) < 4.78 is 5.79. The van der Waals surface area contributed by atoms with Crippen molar-refractivity contribution < 1.29 is 4.74 Å². The molecule has 0 heterocycles. The summed E-state index contributed by atoms with van der Waals surface area (Å²) in [7, 11) is 1.97. The van der Waals surface area contributed by atoms with E-state index >= 15 is 0 Å². The SMILES string of the molecule is CNCCc1cccc(OCc2ccccc2)c1.Cl. The van der Waals surface area contributed by atoms with Crippen LogP contribution in [0.25, 0.3) is 0 Å². The second-order valence-electron chi connectivity index (χ2n) is 4.28. The van der Waals surface area contributed by atoms with Gasteiger partial charge in [0.05, 0.1) is 0 Å². The molecule has 1 N–H and O–H groups in total. The van der Waals surface area contributed by atoms with Crippen LogP contribution in [-0.2, 0) is 13.0 Å². The van der Waals surface area contributed by atoms with Gasteiger partial charge in [-0.1, -0.05) is 42.5 Å². The number of rotatable bonds is 6. The molecule has 2 nitrogen and oxygen atoms in total. The van der Waals surface area contributed by atoms with Crippen LogP contribution >= 0.6 is 12.4 Å². The molecule has 0 saturated carbocycles. The topological polar surface area (TPSA) is 21.3 Å². The third kappa shape index (κ3) is 5.33. The van der Waals surface area contributed by atoms with E-state index in [1.165, 1.54) is 11.1 Å². The van der Waals surface area contributed by atoms with Gasteiger partial charge >= 0.3 is 0 Å². The van der Waals surface area contributed by atoms with Crippen molar-refractivity contribution in [1.29, 1.82) is 0 Å². The fourth-order valence-electron chi connectivity index (χ4n) is 1.80. The minimum Gasteiger partial charge on any atom is -0.489 e. The van der Waals surface area contributed by atoms with Crippen molar-refractivity contribution in [3.8, 4) is 5.75 Å². The zero-order valence-corrected chi connectivity index (χ0v) is 12.0. The number of benzene rings is 2. The summed E-state index contributed by atoms with van der Waals surface area (Å²) in [5.74, 6) is 0.937. The minimum atomic E-state index is 0. The van der Waals surface area contributed by atoms with Gasteiger partial charge in [0.15, 0.2) is 0 Å². The number of nitrogens with one attached hydrogen (secondary N) is 1. The van der Waals surface area contributed by atoms with Crippen LogP contribution < -0.4 is 10.1 Å². The zero-order valence-electron chi connectivity index (χ0n) is 11.1. The molecule has 0 bridgehead atoms. The summed E-state index contributed by atoms with van der Waals surface area (Å²) in [6.45, 7) is 1.61. The van der Waals surface area contributed by atoms with E-state index in [9.17, 15) is 0 Å². The van der Waals surface area contributed by atoms with Crippen LogP contribution in [-0.4, -0.2) is 13.6 Å². The average molecular weight is 278 g/mol. The van der Waals surface area contributed by atoms with Crippen LogP contribution in [0.4, 0.5) is 0 Å². The van der Waals surface area contributed by atoms with Crippen molar-refractivity contribution in [3.63, 3.8) is 0 Å². The molecule has 2 aromatic rings. The van der Waals surface area contributed by atoms with Gasteiger partial charge in [0, 0.05) is 0 Å². The molecule has 102 valence electrons. The van der Waals surface area contributed by atoms with Gasteiger partial charge in [-0.2, -0.15) is 0 Å². The lowest BCUT2D eigenvalue weighted by atomic mass is 10.1. The van der Waals surface area contributed by atoms with Crippen molar-refractivity contribution in [1.82, 2.24) is 5.32 Å². The van der Waals surface area contributed by atoms with E-state index in [-0.39, 0.29) is 12.4 Å². The maximum atomic E-state index is 5.79. The fraction of sp³-hybridized carbons (Fsp3) is 0.250. The Morgan fingerprint density at radius 3 is 2.42 bits per heavy atom. The smallest absolute Gasteiger partial charge is 0.120 e. The molecule has 2 rings (SSSR count). The predicted octanol–water partition coefficient (Wildman–Crippen LogP) is 3.45. The predicted molar refractivity (Wildman–Crippen MR) is 82.1 cm³/mol. The Morgan fingerprint density at radius 2 is 1.68 bits per heavy atom. The molecule has 0 radical (unpaired) electrons.